The predicted octanol–water partition coefficient (Wildman–Crippen LogP) is 3.11. The SMILES string of the molecule is CC1N=CC(Cl)c2ccccc21. The smallest absolute Gasteiger partial charge is 0.0936 e. The minimum atomic E-state index is -0.0441. The van der Waals surface area contributed by atoms with Gasteiger partial charge in [-0.15, -0.1) is 11.6 Å². The summed E-state index contributed by atoms with van der Waals surface area (Å²) in [6.45, 7) is 2.08. The number of alkyl halides is 1. The van der Waals surface area contributed by atoms with Crippen molar-refractivity contribution < 1.29 is 0 Å². The number of benzene rings is 1. The van der Waals surface area contributed by atoms with Crippen LogP contribution < -0.4 is 0 Å². The summed E-state index contributed by atoms with van der Waals surface area (Å²) in [5.74, 6) is 0. The maximum atomic E-state index is 6.06. The van der Waals surface area contributed by atoms with Crippen molar-refractivity contribution in [3.05, 3.63) is 35.4 Å². The third-order valence-corrected chi connectivity index (χ3v) is 2.53. The van der Waals surface area contributed by atoms with Gasteiger partial charge in [0.25, 0.3) is 0 Å². The van der Waals surface area contributed by atoms with Crippen molar-refractivity contribution in [1.82, 2.24) is 0 Å². The molecule has 0 spiro atoms. The Morgan fingerprint density at radius 2 is 1.92 bits per heavy atom. The molecule has 1 aromatic rings. The van der Waals surface area contributed by atoms with E-state index >= 15 is 0 Å². The molecular weight excluding hydrogens is 170 g/mol. The van der Waals surface area contributed by atoms with Crippen LogP contribution >= 0.6 is 11.6 Å². The van der Waals surface area contributed by atoms with Gasteiger partial charge >= 0.3 is 0 Å². The first-order chi connectivity index (χ1) is 5.79. The monoisotopic (exact) mass is 179 g/mol. The van der Waals surface area contributed by atoms with E-state index in [9.17, 15) is 0 Å². The molecule has 1 aromatic carbocycles. The second-order valence-corrected chi connectivity index (χ2v) is 3.47. The molecule has 1 aliphatic rings. The Bertz CT molecular complexity index is 288. The molecule has 2 unspecified atom stereocenters. The Kier molecular flexibility index (Phi) is 1.89. The minimum Gasteiger partial charge on any atom is -0.288 e. The predicted molar refractivity (Wildman–Crippen MR) is 51.9 cm³/mol. The maximum absolute atomic E-state index is 6.06. The highest BCUT2D eigenvalue weighted by Crippen LogP contribution is 2.32. The zero-order valence-electron chi connectivity index (χ0n) is 6.87. The number of nitrogens with zero attached hydrogens (tertiary/aromatic N) is 1. The van der Waals surface area contributed by atoms with Gasteiger partial charge in [0, 0.05) is 6.21 Å². The van der Waals surface area contributed by atoms with Gasteiger partial charge in [0.15, 0.2) is 0 Å². The molecule has 0 bridgehead atoms. The molecule has 62 valence electrons. The summed E-state index contributed by atoms with van der Waals surface area (Å²) in [5, 5.41) is -0.0441. The Hall–Kier alpha value is -0.820. The molecule has 1 aliphatic heterocycles. The fourth-order valence-corrected chi connectivity index (χ4v) is 1.77. The number of rotatable bonds is 0. The Labute approximate surface area is 77.1 Å². The van der Waals surface area contributed by atoms with Crippen molar-refractivity contribution in [3.8, 4) is 0 Å². The van der Waals surface area contributed by atoms with E-state index in [0.29, 0.717) is 0 Å². The molecule has 1 nitrogen and oxygen atoms in total. The quantitative estimate of drug-likeness (QED) is 0.543. The zero-order chi connectivity index (χ0) is 8.55. The Morgan fingerprint density at radius 1 is 1.25 bits per heavy atom. The van der Waals surface area contributed by atoms with Crippen LogP contribution in [0, 0.1) is 0 Å². The fourth-order valence-electron chi connectivity index (χ4n) is 1.51. The molecular formula is C10H10ClN. The Morgan fingerprint density at radius 3 is 2.58 bits per heavy atom. The summed E-state index contributed by atoms with van der Waals surface area (Å²) in [5.41, 5.74) is 2.45. The lowest BCUT2D eigenvalue weighted by Crippen LogP contribution is -2.06. The first kappa shape index (κ1) is 7.81. The lowest BCUT2D eigenvalue weighted by molar-refractivity contribution is 0.791. The molecule has 0 aliphatic carbocycles. The largest absolute Gasteiger partial charge is 0.288 e. The molecule has 0 radical (unpaired) electrons. The van der Waals surface area contributed by atoms with Crippen LogP contribution in [0.25, 0.3) is 0 Å². The molecule has 0 aromatic heterocycles. The summed E-state index contributed by atoms with van der Waals surface area (Å²) >= 11 is 6.06. The van der Waals surface area contributed by atoms with Crippen molar-refractivity contribution in [2.75, 3.05) is 0 Å². The summed E-state index contributed by atoms with van der Waals surface area (Å²) in [7, 11) is 0. The molecule has 2 heteroatoms. The normalized spacial score (nSPS) is 26.8. The van der Waals surface area contributed by atoms with Gasteiger partial charge in [0.2, 0.25) is 0 Å². The second kappa shape index (κ2) is 2.91. The van der Waals surface area contributed by atoms with Crippen molar-refractivity contribution in [1.29, 1.82) is 0 Å². The van der Waals surface area contributed by atoms with Crippen molar-refractivity contribution in [2.45, 2.75) is 18.3 Å². The van der Waals surface area contributed by atoms with Crippen molar-refractivity contribution in [2.24, 2.45) is 4.99 Å². The third kappa shape index (κ3) is 1.14. The highest BCUT2D eigenvalue weighted by Gasteiger charge is 2.18. The van der Waals surface area contributed by atoms with E-state index in [2.05, 4.69) is 24.0 Å². The molecule has 2 atom stereocenters. The first-order valence-electron chi connectivity index (χ1n) is 4.05. The van der Waals surface area contributed by atoms with Gasteiger partial charge in [0.05, 0.1) is 11.4 Å². The molecule has 0 saturated carbocycles. The highest BCUT2D eigenvalue weighted by molar-refractivity contribution is 6.28. The summed E-state index contributed by atoms with van der Waals surface area (Å²) < 4.78 is 0. The standard InChI is InChI=1S/C10H10ClN/c1-7-8-4-2-3-5-9(8)10(11)6-12-7/h2-7,10H,1H3. The zero-order valence-corrected chi connectivity index (χ0v) is 7.62. The van der Waals surface area contributed by atoms with Crippen LogP contribution in [0.1, 0.15) is 29.5 Å². The van der Waals surface area contributed by atoms with Gasteiger partial charge in [0.1, 0.15) is 0 Å². The van der Waals surface area contributed by atoms with Gasteiger partial charge in [-0.2, -0.15) is 0 Å². The second-order valence-electron chi connectivity index (χ2n) is 3.00. The van der Waals surface area contributed by atoms with Crippen molar-refractivity contribution >= 4 is 17.8 Å². The Balaban J connectivity index is 2.54. The molecule has 12 heavy (non-hydrogen) atoms. The third-order valence-electron chi connectivity index (χ3n) is 2.18. The first-order valence-corrected chi connectivity index (χ1v) is 4.49. The molecule has 1 heterocycles. The van der Waals surface area contributed by atoms with Gasteiger partial charge < -0.3 is 0 Å². The summed E-state index contributed by atoms with van der Waals surface area (Å²) in [4.78, 5) is 4.30. The van der Waals surface area contributed by atoms with E-state index in [0.717, 1.165) is 0 Å². The summed E-state index contributed by atoms with van der Waals surface area (Å²) in [6, 6.07) is 8.46. The molecule has 0 saturated heterocycles. The van der Waals surface area contributed by atoms with Gasteiger partial charge in [-0.1, -0.05) is 24.3 Å². The number of fused-ring (bicyclic) bond motifs is 1. The van der Waals surface area contributed by atoms with Crippen molar-refractivity contribution in [3.63, 3.8) is 0 Å². The van der Waals surface area contributed by atoms with E-state index in [-0.39, 0.29) is 11.4 Å². The van der Waals surface area contributed by atoms with Gasteiger partial charge in [-0.25, -0.2) is 0 Å². The van der Waals surface area contributed by atoms with Crippen LogP contribution in [0.3, 0.4) is 0 Å². The van der Waals surface area contributed by atoms with Crippen LogP contribution in [-0.4, -0.2) is 6.21 Å². The molecule has 0 fully saturated rings. The number of hydrogen-bond acceptors (Lipinski definition) is 1. The topological polar surface area (TPSA) is 12.4 Å². The average molecular weight is 180 g/mol. The van der Waals surface area contributed by atoms with E-state index < -0.39 is 0 Å². The number of halogens is 1. The van der Waals surface area contributed by atoms with Crippen LogP contribution in [0.2, 0.25) is 0 Å². The molecule has 0 N–H and O–H groups in total. The lowest BCUT2D eigenvalue weighted by atomic mass is 9.97. The van der Waals surface area contributed by atoms with E-state index in [1.165, 1.54) is 11.1 Å². The van der Waals surface area contributed by atoms with Crippen LogP contribution in [0.4, 0.5) is 0 Å². The van der Waals surface area contributed by atoms with Gasteiger partial charge in [-0.05, 0) is 18.1 Å². The maximum Gasteiger partial charge on any atom is 0.0936 e. The van der Waals surface area contributed by atoms with E-state index in [1.54, 1.807) is 0 Å². The van der Waals surface area contributed by atoms with E-state index in [1.807, 2.05) is 18.3 Å². The fraction of sp³-hybridized carbons (Fsp3) is 0.300. The van der Waals surface area contributed by atoms with E-state index in [4.69, 9.17) is 11.6 Å². The number of hydrogen-bond donors (Lipinski definition) is 0. The van der Waals surface area contributed by atoms with Crippen LogP contribution in [-0.2, 0) is 0 Å². The molecule has 2 rings (SSSR count). The average Bonchev–Trinajstić information content (AvgIpc) is 2.12. The van der Waals surface area contributed by atoms with Gasteiger partial charge in [-0.3, -0.25) is 4.99 Å². The van der Waals surface area contributed by atoms with Crippen LogP contribution in [0.15, 0.2) is 29.3 Å². The van der Waals surface area contributed by atoms with Crippen LogP contribution in [0.5, 0.6) is 0 Å². The highest BCUT2D eigenvalue weighted by atomic mass is 35.5. The lowest BCUT2D eigenvalue weighted by Gasteiger charge is -2.19. The minimum absolute atomic E-state index is 0.0441. The molecule has 0 amide bonds. The number of aliphatic imine (C=N–C) groups is 1. The summed E-state index contributed by atoms with van der Waals surface area (Å²) in [6.07, 6.45) is 1.81.